The largest absolute Gasteiger partial charge is 0.505 e. The Kier molecular flexibility index (Phi) is 3.72. The fraction of sp³-hybridized carbons (Fsp3) is 0.250. The summed E-state index contributed by atoms with van der Waals surface area (Å²) < 4.78 is 0. The molecular weight excluding hydrogens is 284 g/mol. The lowest BCUT2D eigenvalue weighted by molar-refractivity contribution is 0.275. The van der Waals surface area contributed by atoms with Crippen molar-refractivity contribution in [1.82, 2.24) is 9.88 Å². The zero-order chi connectivity index (χ0) is 15.6. The third-order valence-corrected chi connectivity index (χ3v) is 4.69. The van der Waals surface area contributed by atoms with Gasteiger partial charge in [0.2, 0.25) is 0 Å². The van der Waals surface area contributed by atoms with Gasteiger partial charge in [-0.25, -0.2) is 0 Å². The van der Waals surface area contributed by atoms with Gasteiger partial charge in [-0.2, -0.15) is 0 Å². The van der Waals surface area contributed by atoms with E-state index < -0.39 is 0 Å². The molecule has 1 fully saturated rings. The first kappa shape index (κ1) is 14.2. The second kappa shape index (κ2) is 6.01. The number of rotatable bonds is 3. The third-order valence-electron chi connectivity index (χ3n) is 4.69. The summed E-state index contributed by atoms with van der Waals surface area (Å²) in [7, 11) is 0. The van der Waals surface area contributed by atoms with Gasteiger partial charge in [-0.3, -0.25) is 9.88 Å². The van der Waals surface area contributed by atoms with E-state index in [1.54, 1.807) is 6.20 Å². The Hall–Kier alpha value is -2.39. The van der Waals surface area contributed by atoms with Gasteiger partial charge in [-0.1, -0.05) is 48.5 Å². The van der Waals surface area contributed by atoms with Gasteiger partial charge in [0.05, 0.1) is 6.04 Å². The van der Waals surface area contributed by atoms with Crippen molar-refractivity contribution < 1.29 is 5.11 Å². The first-order valence-electron chi connectivity index (χ1n) is 8.20. The van der Waals surface area contributed by atoms with Crippen LogP contribution in [0, 0.1) is 0 Å². The molecular formula is C20H20N2O. The number of benzene rings is 2. The summed E-state index contributed by atoms with van der Waals surface area (Å²) in [4.78, 5) is 6.83. The molecule has 2 aromatic carbocycles. The summed E-state index contributed by atoms with van der Waals surface area (Å²) >= 11 is 0. The Labute approximate surface area is 136 Å². The smallest absolute Gasteiger partial charge is 0.146 e. The van der Waals surface area contributed by atoms with E-state index in [1.165, 1.54) is 18.4 Å². The van der Waals surface area contributed by atoms with E-state index in [-0.39, 0.29) is 6.04 Å². The van der Waals surface area contributed by atoms with E-state index in [4.69, 9.17) is 0 Å². The molecule has 0 spiro atoms. The normalized spacial score (nSPS) is 16.7. The molecule has 1 aliphatic rings. The van der Waals surface area contributed by atoms with Gasteiger partial charge in [0.1, 0.15) is 11.3 Å². The molecule has 1 saturated heterocycles. The van der Waals surface area contributed by atoms with Crippen molar-refractivity contribution in [2.24, 2.45) is 0 Å². The molecule has 3 aromatic rings. The van der Waals surface area contributed by atoms with Crippen LogP contribution in [0.5, 0.6) is 5.75 Å². The van der Waals surface area contributed by atoms with Crippen molar-refractivity contribution in [3.63, 3.8) is 0 Å². The minimum atomic E-state index is 0.0881. The van der Waals surface area contributed by atoms with Gasteiger partial charge in [-0.15, -0.1) is 0 Å². The number of pyridine rings is 1. The lowest BCUT2D eigenvalue weighted by atomic mass is 9.95. The van der Waals surface area contributed by atoms with Crippen molar-refractivity contribution in [2.45, 2.75) is 18.9 Å². The van der Waals surface area contributed by atoms with Crippen molar-refractivity contribution in [1.29, 1.82) is 0 Å². The summed E-state index contributed by atoms with van der Waals surface area (Å²) in [5.74, 6) is 0.309. The molecule has 4 rings (SSSR count). The number of aromatic hydroxyl groups is 1. The molecule has 0 radical (unpaired) electrons. The van der Waals surface area contributed by atoms with E-state index in [2.05, 4.69) is 46.3 Å². The number of hydrogen-bond donors (Lipinski definition) is 1. The fourth-order valence-corrected chi connectivity index (χ4v) is 3.59. The lowest BCUT2D eigenvalue weighted by Crippen LogP contribution is -2.26. The molecule has 1 N–H and O–H groups in total. The van der Waals surface area contributed by atoms with Gasteiger partial charge >= 0.3 is 0 Å². The van der Waals surface area contributed by atoms with Crippen LogP contribution in [0.4, 0.5) is 0 Å². The van der Waals surface area contributed by atoms with E-state index in [0.717, 1.165) is 24.0 Å². The summed E-state index contributed by atoms with van der Waals surface area (Å²) in [6.45, 7) is 2.14. The zero-order valence-corrected chi connectivity index (χ0v) is 13.0. The Morgan fingerprint density at radius 2 is 1.70 bits per heavy atom. The van der Waals surface area contributed by atoms with Crippen molar-refractivity contribution in [2.75, 3.05) is 13.1 Å². The van der Waals surface area contributed by atoms with Crippen LogP contribution in [0.3, 0.4) is 0 Å². The van der Waals surface area contributed by atoms with E-state index in [1.807, 2.05) is 18.2 Å². The maximum Gasteiger partial charge on any atom is 0.146 e. The van der Waals surface area contributed by atoms with E-state index in [0.29, 0.717) is 11.3 Å². The molecule has 0 unspecified atom stereocenters. The van der Waals surface area contributed by atoms with Gasteiger partial charge in [0, 0.05) is 17.1 Å². The Bertz CT molecular complexity index is 810. The number of likely N-dealkylation sites (tertiary alicyclic amines) is 1. The average molecular weight is 304 g/mol. The van der Waals surface area contributed by atoms with Crippen LogP contribution in [0.15, 0.2) is 60.8 Å². The van der Waals surface area contributed by atoms with Crippen LogP contribution in [0.1, 0.15) is 30.0 Å². The molecule has 0 bridgehead atoms. The topological polar surface area (TPSA) is 36.4 Å². The standard InChI is InChI=1S/C20H20N2O/c23-20-17(11-10-15-9-6-12-21-18(15)20)19(22-13-4-5-14-22)16-7-2-1-3-8-16/h1-3,6-12,19,23H,4-5,13-14H2/t19-/m1/s1. The number of aromatic nitrogens is 1. The Balaban J connectivity index is 1.88. The Morgan fingerprint density at radius 3 is 2.48 bits per heavy atom. The second-order valence-corrected chi connectivity index (χ2v) is 6.13. The van der Waals surface area contributed by atoms with Crippen LogP contribution >= 0.6 is 0 Å². The number of nitrogens with zero attached hydrogens (tertiary/aromatic N) is 2. The highest BCUT2D eigenvalue weighted by molar-refractivity contribution is 5.85. The van der Waals surface area contributed by atoms with Gasteiger partial charge in [0.25, 0.3) is 0 Å². The highest BCUT2D eigenvalue weighted by Crippen LogP contribution is 2.38. The minimum absolute atomic E-state index is 0.0881. The molecule has 0 aliphatic carbocycles. The summed E-state index contributed by atoms with van der Waals surface area (Å²) in [6, 6.07) is 18.5. The van der Waals surface area contributed by atoms with Crippen LogP contribution in [-0.2, 0) is 0 Å². The molecule has 3 heteroatoms. The van der Waals surface area contributed by atoms with Gasteiger partial charge in [-0.05, 0) is 37.6 Å². The SMILES string of the molecule is Oc1c([C@@H](c2ccccc2)N2CCCC2)ccc2cccnc12. The maximum atomic E-state index is 10.9. The van der Waals surface area contributed by atoms with E-state index in [9.17, 15) is 5.11 Å². The lowest BCUT2D eigenvalue weighted by Gasteiger charge is -2.29. The first-order valence-corrected chi connectivity index (χ1v) is 8.20. The van der Waals surface area contributed by atoms with Crippen molar-refractivity contribution >= 4 is 10.9 Å². The Morgan fingerprint density at radius 1 is 0.913 bits per heavy atom. The van der Waals surface area contributed by atoms with Crippen LogP contribution in [0.25, 0.3) is 10.9 Å². The zero-order valence-electron chi connectivity index (χ0n) is 13.0. The maximum absolute atomic E-state index is 10.9. The fourth-order valence-electron chi connectivity index (χ4n) is 3.59. The van der Waals surface area contributed by atoms with Crippen LogP contribution in [-0.4, -0.2) is 28.1 Å². The minimum Gasteiger partial charge on any atom is -0.505 e. The monoisotopic (exact) mass is 304 g/mol. The molecule has 3 nitrogen and oxygen atoms in total. The predicted molar refractivity (Wildman–Crippen MR) is 92.5 cm³/mol. The highest BCUT2D eigenvalue weighted by Gasteiger charge is 2.27. The van der Waals surface area contributed by atoms with Crippen LogP contribution < -0.4 is 0 Å². The highest BCUT2D eigenvalue weighted by atomic mass is 16.3. The van der Waals surface area contributed by atoms with Crippen molar-refractivity contribution in [3.05, 3.63) is 71.9 Å². The molecule has 23 heavy (non-hydrogen) atoms. The second-order valence-electron chi connectivity index (χ2n) is 6.13. The molecule has 1 aliphatic heterocycles. The van der Waals surface area contributed by atoms with Crippen molar-refractivity contribution in [3.8, 4) is 5.75 Å². The summed E-state index contributed by atoms with van der Waals surface area (Å²) in [6.07, 6.45) is 4.17. The number of phenolic OH excluding ortho intramolecular Hbond substituents is 1. The molecule has 1 aromatic heterocycles. The molecule has 2 heterocycles. The summed E-state index contributed by atoms with van der Waals surface area (Å²) in [5.41, 5.74) is 2.86. The predicted octanol–water partition coefficient (Wildman–Crippen LogP) is 4.13. The van der Waals surface area contributed by atoms with Crippen LogP contribution in [0.2, 0.25) is 0 Å². The number of fused-ring (bicyclic) bond motifs is 1. The number of phenols is 1. The molecule has 0 amide bonds. The summed E-state index contributed by atoms with van der Waals surface area (Å²) in [5, 5.41) is 11.8. The third kappa shape index (κ3) is 2.57. The van der Waals surface area contributed by atoms with E-state index >= 15 is 0 Å². The molecule has 116 valence electrons. The first-order chi connectivity index (χ1) is 11.3. The quantitative estimate of drug-likeness (QED) is 0.790. The van der Waals surface area contributed by atoms with Gasteiger partial charge < -0.3 is 5.11 Å². The van der Waals surface area contributed by atoms with Gasteiger partial charge in [0.15, 0.2) is 0 Å². The average Bonchev–Trinajstić information content (AvgIpc) is 3.13. The molecule has 1 atom stereocenters. The molecule has 0 saturated carbocycles. The number of hydrogen-bond acceptors (Lipinski definition) is 3.